The van der Waals surface area contributed by atoms with Gasteiger partial charge in [0.2, 0.25) is 0 Å². The summed E-state index contributed by atoms with van der Waals surface area (Å²) in [6.45, 7) is 3.06. The van der Waals surface area contributed by atoms with Gasteiger partial charge in [0.25, 0.3) is 0 Å². The third-order valence-corrected chi connectivity index (χ3v) is 9.40. The zero-order chi connectivity index (χ0) is 28.0. The Morgan fingerprint density at radius 1 is 1.10 bits per heavy atom. The Hall–Kier alpha value is -4.10. The number of thiophene rings is 1. The van der Waals surface area contributed by atoms with Crippen LogP contribution in [0.1, 0.15) is 10.4 Å². The summed E-state index contributed by atoms with van der Waals surface area (Å²) >= 11 is -0.346. The first-order chi connectivity index (χ1) is 19.4. The van der Waals surface area contributed by atoms with Crippen molar-refractivity contribution in [2.75, 3.05) is 25.1 Å². The Kier molecular flexibility index (Phi) is 6.84. The quantitative estimate of drug-likeness (QED) is 0.171. The number of nitriles is 1. The molecule has 40 heavy (non-hydrogen) atoms. The predicted octanol–water partition coefficient (Wildman–Crippen LogP) is 6.54. The van der Waals surface area contributed by atoms with E-state index in [1.165, 1.54) is 30.6 Å². The minimum atomic E-state index is -1.66. The number of carbonyl (C=O) groups excluding carboxylic acids is 1. The molecule has 9 heteroatoms. The highest BCUT2D eigenvalue weighted by atomic mass is 32.2. The lowest BCUT2D eigenvalue weighted by Crippen LogP contribution is -2.50. The normalized spacial score (nSPS) is 14.1. The summed E-state index contributed by atoms with van der Waals surface area (Å²) in [5, 5.41) is 12.0. The molecule has 0 amide bonds. The summed E-state index contributed by atoms with van der Waals surface area (Å²) in [5.41, 5.74) is 5.50. The molecule has 0 saturated carbocycles. The molecule has 0 radical (unpaired) electrons. The summed E-state index contributed by atoms with van der Waals surface area (Å²) in [6.07, 6.45) is 0. The molecule has 1 saturated heterocycles. The van der Waals surface area contributed by atoms with Gasteiger partial charge in [0.1, 0.15) is 33.8 Å². The Morgan fingerprint density at radius 2 is 1.88 bits per heavy atom. The van der Waals surface area contributed by atoms with E-state index in [2.05, 4.69) is 11.0 Å². The second kappa shape index (κ2) is 10.5. The smallest absolute Gasteiger partial charge is 0.312 e. The number of halogens is 1. The number of fused-ring (bicyclic) bond motifs is 1. The van der Waals surface area contributed by atoms with Crippen LogP contribution in [0.3, 0.4) is 0 Å². The molecule has 6 nitrogen and oxygen atoms in total. The van der Waals surface area contributed by atoms with Crippen molar-refractivity contribution in [2.24, 2.45) is 5.92 Å². The van der Waals surface area contributed by atoms with Gasteiger partial charge in [-0.25, -0.2) is 4.39 Å². The standard InChI is InChI=1S/C31H24FN3O3S2/c1-19-6-9-26(10-7-19)40(37)35-28-11-8-23(32)14-27(28)29(21-13-25(15-33)39-18-21)30(35)20-4-3-5-24(12-20)34-16-22(17-34)31(36)38-2/h3-14,18,22H,16-17H2,1-2H3. The number of methoxy groups -OCH3 is 1. The number of carbonyl (C=O) groups is 1. The average Bonchev–Trinajstić information content (AvgIpc) is 3.54. The van der Waals surface area contributed by atoms with Crippen molar-refractivity contribution in [3.8, 4) is 28.5 Å². The van der Waals surface area contributed by atoms with E-state index >= 15 is 0 Å². The molecular weight excluding hydrogens is 545 g/mol. The fourth-order valence-corrected chi connectivity index (χ4v) is 7.07. The van der Waals surface area contributed by atoms with Crippen LogP contribution in [0.4, 0.5) is 10.1 Å². The molecule has 3 heterocycles. The number of hydrogen-bond donors (Lipinski definition) is 0. The van der Waals surface area contributed by atoms with E-state index in [9.17, 15) is 19.0 Å². The molecule has 1 atom stereocenters. The topological polar surface area (TPSA) is 81.3 Å². The van der Waals surface area contributed by atoms with Gasteiger partial charge >= 0.3 is 5.97 Å². The van der Waals surface area contributed by atoms with E-state index in [1.54, 1.807) is 16.1 Å². The first-order valence-corrected chi connectivity index (χ1v) is 14.6. The molecule has 5 aromatic rings. The maximum absolute atomic E-state index is 14.7. The lowest BCUT2D eigenvalue weighted by atomic mass is 9.97. The molecule has 1 unspecified atom stereocenters. The van der Waals surface area contributed by atoms with E-state index in [0.717, 1.165) is 22.4 Å². The molecule has 1 aliphatic rings. The second-order valence-corrected chi connectivity index (χ2v) is 12.0. The number of anilines is 1. The zero-order valence-electron chi connectivity index (χ0n) is 21.8. The van der Waals surface area contributed by atoms with Gasteiger partial charge in [0.05, 0.1) is 18.5 Å². The number of benzene rings is 3. The van der Waals surface area contributed by atoms with Gasteiger partial charge in [0.15, 0.2) is 4.90 Å². The molecule has 0 N–H and O–H groups in total. The highest BCUT2D eigenvalue weighted by Crippen LogP contribution is 2.45. The third-order valence-electron chi connectivity index (χ3n) is 7.17. The maximum atomic E-state index is 14.7. The molecule has 0 spiro atoms. The summed E-state index contributed by atoms with van der Waals surface area (Å²) in [6, 6.07) is 23.8. The van der Waals surface area contributed by atoms with Crippen LogP contribution in [0.15, 0.2) is 83.1 Å². The molecule has 6 rings (SSSR count). The third kappa shape index (κ3) is 4.54. The molecule has 0 bridgehead atoms. The van der Waals surface area contributed by atoms with E-state index in [-0.39, 0.29) is 11.9 Å². The van der Waals surface area contributed by atoms with Gasteiger partial charge in [-0.2, -0.15) is 9.23 Å². The number of aromatic nitrogens is 1. The van der Waals surface area contributed by atoms with Crippen LogP contribution in [0.2, 0.25) is 0 Å². The minimum Gasteiger partial charge on any atom is -0.587 e. The van der Waals surface area contributed by atoms with E-state index in [0.29, 0.717) is 45.0 Å². The summed E-state index contributed by atoms with van der Waals surface area (Å²) in [5.74, 6) is -0.809. The van der Waals surface area contributed by atoms with Crippen molar-refractivity contribution in [3.63, 3.8) is 0 Å². The van der Waals surface area contributed by atoms with Gasteiger partial charge in [0, 0.05) is 40.7 Å². The fraction of sp³-hybridized carbons (Fsp3) is 0.161. The van der Waals surface area contributed by atoms with Crippen molar-refractivity contribution in [3.05, 3.63) is 94.4 Å². The fourth-order valence-electron chi connectivity index (χ4n) is 5.10. The second-order valence-electron chi connectivity index (χ2n) is 9.73. The first kappa shape index (κ1) is 26.1. The highest BCUT2D eigenvalue weighted by Gasteiger charge is 2.34. The summed E-state index contributed by atoms with van der Waals surface area (Å²) < 4.78 is 35.6. The van der Waals surface area contributed by atoms with Gasteiger partial charge in [-0.15, -0.1) is 11.3 Å². The van der Waals surface area contributed by atoms with Crippen LogP contribution in [0.5, 0.6) is 0 Å². The first-order valence-electron chi connectivity index (χ1n) is 12.6. The molecule has 0 aliphatic carbocycles. The summed E-state index contributed by atoms with van der Waals surface area (Å²) in [4.78, 5) is 15.2. The number of aryl methyl sites for hydroxylation is 1. The summed E-state index contributed by atoms with van der Waals surface area (Å²) in [7, 11) is 1.39. The molecule has 3 aromatic carbocycles. The predicted molar refractivity (Wildman–Crippen MR) is 156 cm³/mol. The monoisotopic (exact) mass is 569 g/mol. The lowest BCUT2D eigenvalue weighted by Gasteiger charge is -2.39. The van der Waals surface area contributed by atoms with Crippen molar-refractivity contribution < 1.29 is 18.5 Å². The number of rotatable bonds is 6. The van der Waals surface area contributed by atoms with Crippen molar-refractivity contribution in [2.45, 2.75) is 11.8 Å². The van der Waals surface area contributed by atoms with Gasteiger partial charge in [-0.3, -0.25) is 4.79 Å². The number of ether oxygens (including phenoxy) is 1. The van der Waals surface area contributed by atoms with Crippen LogP contribution in [-0.2, 0) is 20.9 Å². The molecule has 200 valence electrons. The molecule has 1 aliphatic heterocycles. The number of hydrogen-bond acceptors (Lipinski definition) is 6. The largest absolute Gasteiger partial charge is 0.587 e. The Balaban J connectivity index is 1.58. The highest BCUT2D eigenvalue weighted by molar-refractivity contribution is 7.90. The van der Waals surface area contributed by atoms with Crippen LogP contribution in [-0.4, -0.2) is 34.7 Å². The van der Waals surface area contributed by atoms with Crippen molar-refractivity contribution in [1.82, 2.24) is 3.97 Å². The average molecular weight is 570 g/mol. The van der Waals surface area contributed by atoms with Gasteiger partial charge in [-0.1, -0.05) is 29.8 Å². The Morgan fingerprint density at radius 3 is 2.58 bits per heavy atom. The van der Waals surface area contributed by atoms with Crippen molar-refractivity contribution >= 4 is 45.3 Å². The van der Waals surface area contributed by atoms with E-state index in [1.807, 2.05) is 60.8 Å². The van der Waals surface area contributed by atoms with Crippen LogP contribution < -0.4 is 4.90 Å². The van der Waals surface area contributed by atoms with Crippen LogP contribution in [0.25, 0.3) is 33.3 Å². The molecular formula is C31H24FN3O3S2. The van der Waals surface area contributed by atoms with Crippen LogP contribution >= 0.6 is 11.3 Å². The van der Waals surface area contributed by atoms with E-state index < -0.39 is 17.2 Å². The Bertz CT molecular complexity index is 1780. The maximum Gasteiger partial charge on any atom is 0.312 e. The van der Waals surface area contributed by atoms with Gasteiger partial charge < -0.3 is 14.2 Å². The van der Waals surface area contributed by atoms with Crippen LogP contribution in [0, 0.1) is 30.0 Å². The molecule has 2 aromatic heterocycles. The minimum absolute atomic E-state index is 0.178. The van der Waals surface area contributed by atoms with Gasteiger partial charge in [-0.05, 0) is 61.0 Å². The molecule has 1 fully saturated rings. The zero-order valence-corrected chi connectivity index (χ0v) is 23.4. The lowest BCUT2D eigenvalue weighted by molar-refractivity contribution is -0.146. The SMILES string of the molecule is COC(=O)C1CN(c2cccc(-c3c(-c4csc(C#N)c4)c4cc(F)ccc4n3[S+]([O-])c3ccc(C)cc3)c2)C1. The number of esters is 1. The number of nitrogens with zero attached hydrogens (tertiary/aromatic N) is 3. The van der Waals surface area contributed by atoms with E-state index in [4.69, 9.17) is 4.74 Å². The van der Waals surface area contributed by atoms with Crippen molar-refractivity contribution in [1.29, 1.82) is 5.26 Å². The Labute approximate surface area is 238 Å².